The molecule has 4 rings (SSSR count). The largest absolute Gasteiger partial charge is 0.507 e. The van der Waals surface area contributed by atoms with E-state index in [1.807, 2.05) is 18.2 Å². The molecule has 0 aliphatic heterocycles. The van der Waals surface area contributed by atoms with Gasteiger partial charge in [0.25, 0.3) is 0 Å². The molecule has 0 amide bonds. The molecule has 2 aromatic heterocycles. The third-order valence-corrected chi connectivity index (χ3v) is 5.20. The standard InChI is InChI=1S/C19H13BrN4OS/c20-14-6-7-16(25)13(8-14)9-23-24-18-17-15(12-4-2-1-3-5-12)10-26-19(17)22-11-21-18/h1-11,25H,(H,21,22,24)/b23-9-. The van der Waals surface area contributed by atoms with Crippen molar-refractivity contribution in [2.24, 2.45) is 5.10 Å². The lowest BCUT2D eigenvalue weighted by Gasteiger charge is -2.05. The van der Waals surface area contributed by atoms with Gasteiger partial charge in [-0.1, -0.05) is 46.3 Å². The van der Waals surface area contributed by atoms with Gasteiger partial charge in [0.05, 0.1) is 11.6 Å². The normalized spacial score (nSPS) is 11.3. The van der Waals surface area contributed by atoms with Gasteiger partial charge >= 0.3 is 0 Å². The SMILES string of the molecule is Oc1ccc(Br)cc1/C=N\Nc1ncnc2scc(-c3ccccc3)c12. The van der Waals surface area contributed by atoms with E-state index < -0.39 is 0 Å². The first-order valence-electron chi connectivity index (χ1n) is 7.77. The van der Waals surface area contributed by atoms with Crippen LogP contribution in [0.5, 0.6) is 5.75 Å². The van der Waals surface area contributed by atoms with Crippen molar-refractivity contribution in [2.45, 2.75) is 0 Å². The molecule has 0 fully saturated rings. The first-order valence-corrected chi connectivity index (χ1v) is 9.45. The quantitative estimate of drug-likeness (QED) is 0.345. The van der Waals surface area contributed by atoms with Crippen LogP contribution >= 0.6 is 27.3 Å². The van der Waals surface area contributed by atoms with Crippen LogP contribution in [-0.2, 0) is 0 Å². The lowest BCUT2D eigenvalue weighted by atomic mass is 10.1. The second kappa shape index (κ2) is 7.23. The molecule has 2 heterocycles. The summed E-state index contributed by atoms with van der Waals surface area (Å²) in [5, 5.41) is 17.1. The minimum Gasteiger partial charge on any atom is -0.507 e. The van der Waals surface area contributed by atoms with Crippen molar-refractivity contribution in [3.8, 4) is 16.9 Å². The second-order valence-electron chi connectivity index (χ2n) is 5.49. The minimum absolute atomic E-state index is 0.159. The van der Waals surface area contributed by atoms with Gasteiger partial charge in [-0.25, -0.2) is 9.97 Å². The lowest BCUT2D eigenvalue weighted by molar-refractivity contribution is 0.474. The van der Waals surface area contributed by atoms with E-state index in [0.29, 0.717) is 11.4 Å². The molecule has 26 heavy (non-hydrogen) atoms. The van der Waals surface area contributed by atoms with Crippen LogP contribution in [0.3, 0.4) is 0 Å². The molecule has 2 aromatic carbocycles. The summed E-state index contributed by atoms with van der Waals surface area (Å²) >= 11 is 4.95. The molecule has 0 radical (unpaired) electrons. The van der Waals surface area contributed by atoms with Crippen LogP contribution in [0.2, 0.25) is 0 Å². The fraction of sp³-hybridized carbons (Fsp3) is 0. The zero-order chi connectivity index (χ0) is 17.9. The van der Waals surface area contributed by atoms with E-state index in [-0.39, 0.29) is 5.75 Å². The molecule has 0 bridgehead atoms. The summed E-state index contributed by atoms with van der Waals surface area (Å²) in [5.41, 5.74) is 5.75. The Kier molecular flexibility index (Phi) is 4.64. The number of hydrazone groups is 1. The Hall–Kier alpha value is -2.77. The highest BCUT2D eigenvalue weighted by atomic mass is 79.9. The van der Waals surface area contributed by atoms with E-state index in [0.717, 1.165) is 25.8 Å². The summed E-state index contributed by atoms with van der Waals surface area (Å²) in [6, 6.07) is 15.3. The van der Waals surface area contributed by atoms with Crippen molar-refractivity contribution < 1.29 is 5.11 Å². The molecule has 2 N–H and O–H groups in total. The van der Waals surface area contributed by atoms with Crippen molar-refractivity contribution >= 4 is 49.5 Å². The number of hydrogen-bond acceptors (Lipinski definition) is 6. The average Bonchev–Trinajstić information content (AvgIpc) is 3.10. The maximum Gasteiger partial charge on any atom is 0.159 e. The van der Waals surface area contributed by atoms with Gasteiger partial charge in [0.2, 0.25) is 0 Å². The number of halogens is 1. The molecule has 4 aromatic rings. The van der Waals surface area contributed by atoms with E-state index >= 15 is 0 Å². The first kappa shape index (κ1) is 16.7. The summed E-state index contributed by atoms with van der Waals surface area (Å²) in [5.74, 6) is 0.785. The van der Waals surface area contributed by atoms with E-state index in [1.54, 1.807) is 35.8 Å². The van der Waals surface area contributed by atoms with Crippen LogP contribution < -0.4 is 5.43 Å². The smallest absolute Gasteiger partial charge is 0.159 e. The number of anilines is 1. The predicted octanol–water partition coefficient (Wildman–Crippen LogP) is 5.27. The van der Waals surface area contributed by atoms with Crippen LogP contribution in [-0.4, -0.2) is 21.3 Å². The summed E-state index contributed by atoms with van der Waals surface area (Å²) in [6.45, 7) is 0. The monoisotopic (exact) mass is 424 g/mol. The molecule has 0 atom stereocenters. The molecule has 0 saturated heterocycles. The molecule has 0 aliphatic carbocycles. The van der Waals surface area contributed by atoms with Gasteiger partial charge in [-0.05, 0) is 23.8 Å². The van der Waals surface area contributed by atoms with Crippen LogP contribution in [0.15, 0.2) is 69.8 Å². The number of nitrogens with zero attached hydrogens (tertiary/aromatic N) is 3. The number of aromatic hydroxyl groups is 1. The Balaban J connectivity index is 1.70. The van der Waals surface area contributed by atoms with Gasteiger partial charge in [-0.2, -0.15) is 5.10 Å². The Morgan fingerprint density at radius 1 is 1.12 bits per heavy atom. The number of rotatable bonds is 4. The fourth-order valence-corrected chi connectivity index (χ4v) is 3.88. The number of phenolic OH excluding ortho intramolecular Hbond substituents is 1. The third-order valence-electron chi connectivity index (χ3n) is 3.82. The van der Waals surface area contributed by atoms with Crippen molar-refractivity contribution in [1.29, 1.82) is 0 Å². The Morgan fingerprint density at radius 3 is 2.81 bits per heavy atom. The number of phenols is 1. The van der Waals surface area contributed by atoms with E-state index in [1.165, 1.54) is 6.33 Å². The predicted molar refractivity (Wildman–Crippen MR) is 110 cm³/mol. The number of hydrogen-bond donors (Lipinski definition) is 2. The van der Waals surface area contributed by atoms with Crippen LogP contribution in [0.1, 0.15) is 5.56 Å². The maximum absolute atomic E-state index is 9.90. The van der Waals surface area contributed by atoms with Gasteiger partial charge in [-0.3, -0.25) is 5.43 Å². The first-order chi connectivity index (χ1) is 12.7. The van der Waals surface area contributed by atoms with Gasteiger partial charge in [0.1, 0.15) is 16.9 Å². The number of nitrogens with one attached hydrogen (secondary N) is 1. The van der Waals surface area contributed by atoms with Gasteiger partial charge in [0.15, 0.2) is 5.82 Å². The zero-order valence-corrected chi connectivity index (χ0v) is 15.8. The average molecular weight is 425 g/mol. The van der Waals surface area contributed by atoms with E-state index in [2.05, 4.69) is 53.9 Å². The van der Waals surface area contributed by atoms with Crippen molar-refractivity contribution in [3.05, 3.63) is 70.3 Å². The molecule has 0 unspecified atom stereocenters. The Bertz CT molecular complexity index is 1100. The molecule has 0 aliphatic rings. The van der Waals surface area contributed by atoms with Crippen LogP contribution in [0.4, 0.5) is 5.82 Å². The van der Waals surface area contributed by atoms with Crippen LogP contribution in [0, 0.1) is 0 Å². The van der Waals surface area contributed by atoms with Crippen molar-refractivity contribution in [1.82, 2.24) is 9.97 Å². The molecule has 128 valence electrons. The van der Waals surface area contributed by atoms with Gasteiger partial charge < -0.3 is 5.11 Å². The molecule has 0 saturated carbocycles. The fourth-order valence-electron chi connectivity index (χ4n) is 2.58. The topological polar surface area (TPSA) is 70.4 Å². The highest BCUT2D eigenvalue weighted by Crippen LogP contribution is 2.36. The Morgan fingerprint density at radius 2 is 1.96 bits per heavy atom. The molecular formula is C19H13BrN4OS. The van der Waals surface area contributed by atoms with Gasteiger partial charge in [-0.15, -0.1) is 11.3 Å². The number of aromatic nitrogens is 2. The summed E-state index contributed by atoms with van der Waals surface area (Å²) in [7, 11) is 0. The van der Waals surface area contributed by atoms with E-state index in [9.17, 15) is 5.11 Å². The summed E-state index contributed by atoms with van der Waals surface area (Å²) in [6.07, 6.45) is 3.07. The van der Waals surface area contributed by atoms with Crippen LogP contribution in [0.25, 0.3) is 21.3 Å². The number of thiophene rings is 1. The Labute approximate surface area is 162 Å². The second-order valence-corrected chi connectivity index (χ2v) is 7.26. The molecular weight excluding hydrogens is 412 g/mol. The summed E-state index contributed by atoms with van der Waals surface area (Å²) < 4.78 is 0.866. The summed E-state index contributed by atoms with van der Waals surface area (Å²) in [4.78, 5) is 9.58. The maximum atomic E-state index is 9.90. The van der Waals surface area contributed by atoms with Crippen molar-refractivity contribution in [3.63, 3.8) is 0 Å². The zero-order valence-electron chi connectivity index (χ0n) is 13.4. The molecule has 7 heteroatoms. The molecule has 5 nitrogen and oxygen atoms in total. The third kappa shape index (κ3) is 3.31. The highest BCUT2D eigenvalue weighted by Gasteiger charge is 2.12. The lowest BCUT2D eigenvalue weighted by Crippen LogP contribution is -1.95. The van der Waals surface area contributed by atoms with Gasteiger partial charge in [0, 0.05) is 21.0 Å². The minimum atomic E-state index is 0.159. The number of fused-ring (bicyclic) bond motifs is 1. The number of benzene rings is 2. The molecule has 0 spiro atoms. The van der Waals surface area contributed by atoms with Crippen molar-refractivity contribution in [2.75, 3.05) is 5.43 Å². The van der Waals surface area contributed by atoms with E-state index in [4.69, 9.17) is 0 Å². The highest BCUT2D eigenvalue weighted by molar-refractivity contribution is 9.10.